The smallest absolute Gasteiger partial charge is 0.147 e. The Morgan fingerprint density at radius 1 is 1.11 bits per heavy atom. The van der Waals surface area contributed by atoms with Gasteiger partial charge in [0, 0.05) is 11.3 Å². The summed E-state index contributed by atoms with van der Waals surface area (Å²) in [5.41, 5.74) is 4.89. The molecule has 1 heterocycles. The molecule has 0 aliphatic heterocycles. The van der Waals surface area contributed by atoms with E-state index in [2.05, 4.69) is 5.16 Å². The van der Waals surface area contributed by atoms with E-state index in [1.165, 1.54) is 6.07 Å². The van der Waals surface area contributed by atoms with Gasteiger partial charge in [-0.05, 0) is 68.8 Å². The predicted molar refractivity (Wildman–Crippen MR) is 106 cm³/mol. The van der Waals surface area contributed by atoms with Gasteiger partial charge in [0.05, 0.1) is 24.2 Å². The standard InChI is InChI=1S/C22H23FN2O2/c1-5-27-24-15(2)19-14-22(17-10-12-18(26-4)13-11-17)25(16(19)3)21-9-7-6-8-20(21)23/h6-14H,5H2,1-4H3/b24-15+. The molecule has 5 heteroatoms. The van der Waals surface area contributed by atoms with Crippen LogP contribution in [0.25, 0.3) is 16.9 Å². The first-order valence-electron chi connectivity index (χ1n) is 8.85. The number of benzene rings is 2. The molecule has 27 heavy (non-hydrogen) atoms. The molecule has 3 aromatic rings. The van der Waals surface area contributed by atoms with Gasteiger partial charge in [-0.25, -0.2) is 4.39 Å². The summed E-state index contributed by atoms with van der Waals surface area (Å²) in [6.07, 6.45) is 0. The minimum Gasteiger partial charge on any atom is -0.497 e. The summed E-state index contributed by atoms with van der Waals surface area (Å²) in [7, 11) is 1.63. The minimum absolute atomic E-state index is 0.281. The second kappa shape index (κ2) is 8.08. The van der Waals surface area contributed by atoms with Crippen LogP contribution in [0, 0.1) is 12.7 Å². The fourth-order valence-corrected chi connectivity index (χ4v) is 3.10. The molecule has 140 valence electrons. The Labute approximate surface area is 158 Å². The van der Waals surface area contributed by atoms with Crippen LogP contribution < -0.4 is 4.74 Å². The maximum absolute atomic E-state index is 14.6. The van der Waals surface area contributed by atoms with Crippen molar-refractivity contribution in [3.8, 4) is 22.7 Å². The maximum atomic E-state index is 14.6. The predicted octanol–water partition coefficient (Wildman–Crippen LogP) is 5.36. The minimum atomic E-state index is -0.281. The average Bonchev–Trinajstić information content (AvgIpc) is 3.03. The molecule has 1 aromatic heterocycles. The first-order valence-corrected chi connectivity index (χ1v) is 8.85. The van der Waals surface area contributed by atoms with Gasteiger partial charge < -0.3 is 14.1 Å². The molecule has 0 aliphatic carbocycles. The highest BCUT2D eigenvalue weighted by Crippen LogP contribution is 2.32. The molecular formula is C22H23FN2O2. The Morgan fingerprint density at radius 3 is 2.44 bits per heavy atom. The van der Waals surface area contributed by atoms with Gasteiger partial charge in [-0.2, -0.15) is 0 Å². The summed E-state index contributed by atoms with van der Waals surface area (Å²) >= 11 is 0. The lowest BCUT2D eigenvalue weighted by Gasteiger charge is -2.13. The molecule has 0 saturated heterocycles. The highest BCUT2D eigenvalue weighted by Gasteiger charge is 2.19. The fraction of sp³-hybridized carbons (Fsp3) is 0.227. The molecule has 0 bridgehead atoms. The summed E-state index contributed by atoms with van der Waals surface area (Å²) in [6, 6.07) is 16.5. The summed E-state index contributed by atoms with van der Waals surface area (Å²) in [4.78, 5) is 5.21. The summed E-state index contributed by atoms with van der Waals surface area (Å²) in [6.45, 7) is 6.23. The Balaban J connectivity index is 2.22. The van der Waals surface area contributed by atoms with Crippen LogP contribution >= 0.6 is 0 Å². The number of aromatic nitrogens is 1. The molecule has 0 atom stereocenters. The number of para-hydroxylation sites is 1. The molecule has 0 radical (unpaired) electrons. The van der Waals surface area contributed by atoms with E-state index in [1.807, 2.05) is 61.7 Å². The normalized spacial score (nSPS) is 11.5. The lowest BCUT2D eigenvalue weighted by atomic mass is 10.1. The zero-order valence-corrected chi connectivity index (χ0v) is 16.0. The highest BCUT2D eigenvalue weighted by atomic mass is 19.1. The van der Waals surface area contributed by atoms with Crippen molar-refractivity contribution in [2.75, 3.05) is 13.7 Å². The zero-order chi connectivity index (χ0) is 19.4. The van der Waals surface area contributed by atoms with E-state index >= 15 is 0 Å². The summed E-state index contributed by atoms with van der Waals surface area (Å²) in [5.74, 6) is 0.491. The molecule has 0 spiro atoms. The number of rotatable bonds is 6. The largest absolute Gasteiger partial charge is 0.497 e. The van der Waals surface area contributed by atoms with Gasteiger partial charge in [0.1, 0.15) is 18.2 Å². The number of nitrogens with zero attached hydrogens (tertiary/aromatic N) is 2. The third-order valence-corrected chi connectivity index (χ3v) is 4.45. The Hall–Kier alpha value is -3.08. The van der Waals surface area contributed by atoms with Crippen LogP contribution in [0.5, 0.6) is 5.75 Å². The van der Waals surface area contributed by atoms with Crippen molar-refractivity contribution in [3.05, 3.63) is 71.7 Å². The SMILES string of the molecule is CCO/N=C(\C)c1cc(-c2ccc(OC)cc2)n(-c2ccccc2F)c1C. The van der Waals surface area contributed by atoms with Crippen LogP contribution in [0.4, 0.5) is 4.39 Å². The van der Waals surface area contributed by atoms with Crippen LogP contribution in [-0.4, -0.2) is 24.0 Å². The number of hydrogen-bond donors (Lipinski definition) is 0. The zero-order valence-electron chi connectivity index (χ0n) is 16.0. The summed E-state index contributed by atoms with van der Waals surface area (Å²) < 4.78 is 21.7. The van der Waals surface area contributed by atoms with E-state index in [-0.39, 0.29) is 5.82 Å². The van der Waals surface area contributed by atoms with E-state index in [9.17, 15) is 4.39 Å². The van der Waals surface area contributed by atoms with Gasteiger partial charge in [0.2, 0.25) is 0 Å². The third-order valence-electron chi connectivity index (χ3n) is 4.45. The maximum Gasteiger partial charge on any atom is 0.147 e. The quantitative estimate of drug-likeness (QED) is 0.435. The molecule has 2 aromatic carbocycles. The van der Waals surface area contributed by atoms with Crippen molar-refractivity contribution in [1.82, 2.24) is 4.57 Å². The van der Waals surface area contributed by atoms with Crippen LogP contribution in [0.15, 0.2) is 59.8 Å². The topological polar surface area (TPSA) is 35.8 Å². The van der Waals surface area contributed by atoms with Crippen molar-refractivity contribution in [2.45, 2.75) is 20.8 Å². The number of oxime groups is 1. The van der Waals surface area contributed by atoms with Crippen molar-refractivity contribution in [3.63, 3.8) is 0 Å². The Bertz CT molecular complexity index is 959. The van der Waals surface area contributed by atoms with Gasteiger partial charge in [-0.1, -0.05) is 17.3 Å². The average molecular weight is 366 g/mol. The van der Waals surface area contributed by atoms with Gasteiger partial charge in [0.25, 0.3) is 0 Å². The van der Waals surface area contributed by atoms with Crippen LogP contribution in [-0.2, 0) is 4.84 Å². The van der Waals surface area contributed by atoms with Gasteiger partial charge in [0.15, 0.2) is 0 Å². The Morgan fingerprint density at radius 2 is 1.81 bits per heavy atom. The van der Waals surface area contributed by atoms with Gasteiger partial charge in [-0.15, -0.1) is 0 Å². The van der Waals surface area contributed by atoms with E-state index in [0.717, 1.165) is 34.0 Å². The van der Waals surface area contributed by atoms with Gasteiger partial charge >= 0.3 is 0 Å². The van der Waals surface area contributed by atoms with E-state index in [4.69, 9.17) is 9.57 Å². The molecule has 3 rings (SSSR count). The molecule has 0 saturated carbocycles. The molecule has 0 unspecified atom stereocenters. The van der Waals surface area contributed by atoms with E-state index in [1.54, 1.807) is 19.2 Å². The lowest BCUT2D eigenvalue weighted by molar-refractivity contribution is 0.159. The van der Waals surface area contributed by atoms with Crippen molar-refractivity contribution in [2.24, 2.45) is 5.16 Å². The van der Waals surface area contributed by atoms with E-state index in [0.29, 0.717) is 12.3 Å². The van der Waals surface area contributed by atoms with Crippen molar-refractivity contribution in [1.29, 1.82) is 0 Å². The van der Waals surface area contributed by atoms with Crippen molar-refractivity contribution < 1.29 is 14.0 Å². The number of methoxy groups -OCH3 is 1. The summed E-state index contributed by atoms with van der Waals surface area (Å²) in [5, 5.41) is 4.15. The molecule has 0 amide bonds. The lowest BCUT2D eigenvalue weighted by Crippen LogP contribution is -2.04. The number of ether oxygens (including phenoxy) is 1. The second-order valence-electron chi connectivity index (χ2n) is 6.14. The molecule has 4 nitrogen and oxygen atoms in total. The van der Waals surface area contributed by atoms with Gasteiger partial charge in [-0.3, -0.25) is 0 Å². The van der Waals surface area contributed by atoms with E-state index < -0.39 is 0 Å². The first kappa shape index (κ1) is 18.7. The monoisotopic (exact) mass is 366 g/mol. The molecule has 0 aliphatic rings. The molecular weight excluding hydrogens is 343 g/mol. The van der Waals surface area contributed by atoms with Crippen molar-refractivity contribution >= 4 is 5.71 Å². The van der Waals surface area contributed by atoms with Crippen LogP contribution in [0.3, 0.4) is 0 Å². The third kappa shape index (κ3) is 3.72. The number of halogens is 1. The van der Waals surface area contributed by atoms with Crippen LogP contribution in [0.2, 0.25) is 0 Å². The fourth-order valence-electron chi connectivity index (χ4n) is 3.10. The molecule has 0 N–H and O–H groups in total. The Kier molecular flexibility index (Phi) is 5.60. The molecule has 0 fully saturated rings. The number of hydrogen-bond acceptors (Lipinski definition) is 3. The first-order chi connectivity index (χ1) is 13.1. The van der Waals surface area contributed by atoms with Crippen LogP contribution in [0.1, 0.15) is 25.1 Å². The highest BCUT2D eigenvalue weighted by molar-refractivity contribution is 6.01. The second-order valence-corrected chi connectivity index (χ2v) is 6.14.